The normalized spacial score (nSPS) is 27.0. The summed E-state index contributed by atoms with van der Waals surface area (Å²) in [5.41, 5.74) is 0.339. The number of aliphatic hydroxyl groups excluding tert-OH is 1. The highest BCUT2D eigenvalue weighted by Crippen LogP contribution is 2.28. The number of β-amino-alcohol motifs (C(OH)–C–C–N with tert-alkyl or cyclic N) is 1. The lowest BCUT2D eigenvalue weighted by molar-refractivity contribution is -0.169. The molecule has 0 aromatic heterocycles. The van der Waals surface area contributed by atoms with E-state index in [2.05, 4.69) is 5.32 Å². The van der Waals surface area contributed by atoms with Crippen molar-refractivity contribution in [1.29, 1.82) is 0 Å². The lowest BCUT2D eigenvalue weighted by Gasteiger charge is -2.44. The van der Waals surface area contributed by atoms with Crippen molar-refractivity contribution in [2.75, 3.05) is 19.8 Å². The Kier molecular flexibility index (Phi) is 7.74. The van der Waals surface area contributed by atoms with E-state index in [4.69, 9.17) is 9.47 Å². The number of ether oxygens (including phenoxy) is 2. The molecule has 2 N–H and O–H groups in total. The first-order valence-electron chi connectivity index (χ1n) is 10.3. The monoisotopic (exact) mass is 426 g/mol. The van der Waals surface area contributed by atoms with Crippen molar-refractivity contribution in [3.8, 4) is 0 Å². The second-order valence-electron chi connectivity index (χ2n) is 7.79. The van der Waals surface area contributed by atoms with Crippen molar-refractivity contribution < 1.29 is 33.0 Å². The third kappa shape index (κ3) is 5.96. The maximum absolute atomic E-state index is 13.3. The first-order chi connectivity index (χ1) is 14.4. The predicted molar refractivity (Wildman–Crippen MR) is 103 cm³/mol. The van der Waals surface area contributed by atoms with Crippen LogP contribution in [0.5, 0.6) is 0 Å². The molecular formula is C21H28F2N2O5. The first-order valence-corrected chi connectivity index (χ1v) is 10.3. The van der Waals surface area contributed by atoms with E-state index in [1.54, 1.807) is 11.8 Å². The van der Waals surface area contributed by atoms with Gasteiger partial charge >= 0.3 is 0 Å². The molecule has 4 atom stereocenters. The molecule has 0 unspecified atom stereocenters. The second kappa shape index (κ2) is 10.3. The number of benzene rings is 1. The summed E-state index contributed by atoms with van der Waals surface area (Å²) in [6.45, 7) is 2.35. The van der Waals surface area contributed by atoms with Crippen LogP contribution in [-0.4, -0.2) is 65.9 Å². The maximum atomic E-state index is 13.3. The molecule has 1 aromatic carbocycles. The Morgan fingerprint density at radius 1 is 1.20 bits per heavy atom. The molecule has 0 aliphatic carbocycles. The number of amides is 2. The average molecular weight is 426 g/mol. The van der Waals surface area contributed by atoms with Gasteiger partial charge in [0.25, 0.3) is 0 Å². The average Bonchev–Trinajstić information content (AvgIpc) is 2.68. The highest BCUT2D eigenvalue weighted by Gasteiger charge is 2.39. The van der Waals surface area contributed by atoms with Gasteiger partial charge in [-0.25, -0.2) is 8.78 Å². The number of hydrogen-bond donors (Lipinski definition) is 2. The maximum Gasteiger partial charge on any atom is 0.222 e. The number of nitrogens with one attached hydrogen (secondary N) is 1. The molecule has 2 saturated heterocycles. The lowest BCUT2D eigenvalue weighted by atomic mass is 9.94. The summed E-state index contributed by atoms with van der Waals surface area (Å²) in [6.07, 6.45) is 0.192. The van der Waals surface area contributed by atoms with Gasteiger partial charge in [0.1, 0.15) is 17.7 Å². The van der Waals surface area contributed by atoms with E-state index in [0.29, 0.717) is 24.8 Å². The van der Waals surface area contributed by atoms with Crippen LogP contribution in [0.15, 0.2) is 18.2 Å². The fourth-order valence-electron chi connectivity index (χ4n) is 4.02. The Balaban J connectivity index is 1.55. The van der Waals surface area contributed by atoms with Crippen molar-refractivity contribution in [3.63, 3.8) is 0 Å². The van der Waals surface area contributed by atoms with E-state index in [1.807, 2.05) is 0 Å². The Labute approximate surface area is 174 Å². The molecular weight excluding hydrogens is 398 g/mol. The van der Waals surface area contributed by atoms with Gasteiger partial charge in [0.05, 0.1) is 37.9 Å². The Morgan fingerprint density at radius 3 is 2.63 bits per heavy atom. The lowest BCUT2D eigenvalue weighted by Crippen LogP contribution is -2.57. The zero-order valence-corrected chi connectivity index (χ0v) is 17.0. The molecule has 2 fully saturated rings. The van der Waals surface area contributed by atoms with E-state index >= 15 is 0 Å². The van der Waals surface area contributed by atoms with Crippen LogP contribution >= 0.6 is 0 Å². The number of hydrogen-bond acceptors (Lipinski definition) is 5. The highest BCUT2D eigenvalue weighted by atomic mass is 19.1. The summed E-state index contributed by atoms with van der Waals surface area (Å²) in [5, 5.41) is 12.7. The number of fused-ring (bicyclic) bond motifs is 1. The minimum atomic E-state index is -0.738. The Morgan fingerprint density at radius 2 is 1.93 bits per heavy atom. The quantitative estimate of drug-likeness (QED) is 0.746. The van der Waals surface area contributed by atoms with E-state index < -0.39 is 17.7 Å². The van der Waals surface area contributed by atoms with E-state index in [1.165, 1.54) is 12.1 Å². The third-order valence-corrected chi connectivity index (χ3v) is 5.43. The van der Waals surface area contributed by atoms with Crippen LogP contribution in [0.1, 0.15) is 38.2 Å². The van der Waals surface area contributed by atoms with E-state index in [9.17, 15) is 23.5 Å². The van der Waals surface area contributed by atoms with Gasteiger partial charge in [-0.15, -0.1) is 0 Å². The summed E-state index contributed by atoms with van der Waals surface area (Å²) in [6, 6.07) is 2.91. The number of carbonyl (C=O) groups excluding carboxylic acids is 2. The second-order valence-corrected chi connectivity index (χ2v) is 7.79. The topological polar surface area (TPSA) is 88.1 Å². The van der Waals surface area contributed by atoms with Crippen LogP contribution in [0.4, 0.5) is 8.78 Å². The molecule has 2 aliphatic rings. The van der Waals surface area contributed by atoms with Crippen LogP contribution in [0.3, 0.4) is 0 Å². The molecule has 2 heterocycles. The zero-order chi connectivity index (χ0) is 21.7. The molecule has 0 bridgehead atoms. The highest BCUT2D eigenvalue weighted by molar-refractivity contribution is 5.77. The molecule has 166 valence electrons. The fourth-order valence-corrected chi connectivity index (χ4v) is 4.02. The van der Waals surface area contributed by atoms with Gasteiger partial charge in [-0.3, -0.25) is 9.59 Å². The van der Waals surface area contributed by atoms with E-state index in [0.717, 1.165) is 6.07 Å². The molecule has 9 heteroatoms. The minimum Gasteiger partial charge on any atom is -0.389 e. The van der Waals surface area contributed by atoms with Gasteiger partial charge in [0, 0.05) is 25.6 Å². The third-order valence-electron chi connectivity index (χ3n) is 5.43. The number of rotatable bonds is 5. The van der Waals surface area contributed by atoms with Gasteiger partial charge in [0.2, 0.25) is 11.8 Å². The summed E-state index contributed by atoms with van der Waals surface area (Å²) >= 11 is 0. The van der Waals surface area contributed by atoms with Crippen LogP contribution in [0, 0.1) is 11.6 Å². The van der Waals surface area contributed by atoms with E-state index in [-0.39, 0.29) is 62.8 Å². The summed E-state index contributed by atoms with van der Waals surface area (Å²) in [7, 11) is 0. The summed E-state index contributed by atoms with van der Waals surface area (Å²) in [5.74, 6) is -1.72. The summed E-state index contributed by atoms with van der Waals surface area (Å²) < 4.78 is 38.1. The molecule has 0 saturated carbocycles. The summed E-state index contributed by atoms with van der Waals surface area (Å²) in [4.78, 5) is 26.3. The van der Waals surface area contributed by atoms with Gasteiger partial charge in [-0.1, -0.05) is 6.92 Å². The van der Waals surface area contributed by atoms with Crippen molar-refractivity contribution in [2.24, 2.45) is 0 Å². The molecule has 30 heavy (non-hydrogen) atoms. The zero-order valence-electron chi connectivity index (χ0n) is 17.0. The SMILES string of the molecule is CCC(=O)N1C[C@@H](O)COC[C@H]2O[C@H](CC(=O)NCc3cc(F)cc(F)c3)CC[C@@H]21. The van der Waals surface area contributed by atoms with Crippen molar-refractivity contribution in [3.05, 3.63) is 35.4 Å². The Bertz CT molecular complexity index is 743. The molecule has 2 aliphatic heterocycles. The molecule has 1 aromatic rings. The number of carbonyl (C=O) groups is 2. The molecule has 0 spiro atoms. The Hall–Kier alpha value is -2.10. The predicted octanol–water partition coefficient (Wildman–Crippen LogP) is 1.52. The van der Waals surface area contributed by atoms with Gasteiger partial charge in [-0.2, -0.15) is 0 Å². The van der Waals surface area contributed by atoms with Crippen LogP contribution < -0.4 is 5.32 Å². The van der Waals surface area contributed by atoms with Gasteiger partial charge < -0.3 is 24.8 Å². The molecule has 7 nitrogen and oxygen atoms in total. The van der Waals surface area contributed by atoms with Crippen molar-refractivity contribution >= 4 is 11.8 Å². The van der Waals surface area contributed by atoms with Gasteiger partial charge in [-0.05, 0) is 30.5 Å². The number of halogens is 2. The minimum absolute atomic E-state index is 0.0199. The van der Waals surface area contributed by atoms with Crippen LogP contribution in [0.25, 0.3) is 0 Å². The van der Waals surface area contributed by atoms with Crippen molar-refractivity contribution in [1.82, 2.24) is 10.2 Å². The molecule has 0 radical (unpaired) electrons. The van der Waals surface area contributed by atoms with Crippen LogP contribution in [0.2, 0.25) is 0 Å². The fraction of sp³-hybridized carbons (Fsp3) is 0.619. The standard InChI is InChI=1S/C21H28F2N2O5/c1-2-21(28)25-10-16(26)11-29-12-19-18(25)4-3-17(30-19)8-20(27)24-9-13-5-14(22)7-15(23)6-13/h5-7,16-19,26H,2-4,8-12H2,1H3,(H,24,27)/t16-,17+,18+,19-/m1/s1. The number of aliphatic hydroxyl groups is 1. The number of nitrogens with zero attached hydrogens (tertiary/aromatic N) is 1. The largest absolute Gasteiger partial charge is 0.389 e. The van der Waals surface area contributed by atoms with Crippen molar-refractivity contribution in [2.45, 2.75) is 63.5 Å². The van der Waals surface area contributed by atoms with Crippen LogP contribution in [-0.2, 0) is 25.6 Å². The molecule has 2 amide bonds. The smallest absolute Gasteiger partial charge is 0.222 e. The van der Waals surface area contributed by atoms with Gasteiger partial charge in [0.15, 0.2) is 0 Å². The first kappa shape index (κ1) is 22.6. The molecule has 3 rings (SSSR count).